The molecule has 3 N–H and O–H groups in total. The van der Waals surface area contributed by atoms with Crippen molar-refractivity contribution in [2.75, 3.05) is 84.4 Å². The van der Waals surface area contributed by atoms with Crippen LogP contribution in [-0.2, 0) is 18.9 Å². The van der Waals surface area contributed by atoms with E-state index in [2.05, 4.69) is 63.1 Å². The van der Waals surface area contributed by atoms with E-state index in [1.165, 1.54) is 24.2 Å². The Morgan fingerprint density at radius 2 is 1.48 bits per heavy atom. The lowest BCUT2D eigenvalue weighted by molar-refractivity contribution is -0.00187. The maximum Gasteiger partial charge on any atom is 0.321 e. The Balaban J connectivity index is 0.774. The van der Waals surface area contributed by atoms with Crippen molar-refractivity contribution in [1.29, 1.82) is 0 Å². The van der Waals surface area contributed by atoms with E-state index >= 15 is 0 Å². The first-order chi connectivity index (χ1) is 28.4. The molecule has 4 fully saturated rings. The monoisotopic (exact) mass is 797 g/mol. The number of ether oxygens (including phenoxy) is 5. The number of aryl methyl sites for hydroxylation is 1. The third-order valence-corrected chi connectivity index (χ3v) is 12.8. The van der Waals surface area contributed by atoms with Crippen LogP contribution in [-0.4, -0.2) is 122 Å². The number of benzene rings is 2. The van der Waals surface area contributed by atoms with Gasteiger partial charge in [-0.25, -0.2) is 4.79 Å². The summed E-state index contributed by atoms with van der Waals surface area (Å²) in [7, 11) is 0. The van der Waals surface area contributed by atoms with Crippen LogP contribution in [0.25, 0.3) is 0 Å². The van der Waals surface area contributed by atoms with Crippen LogP contribution in [0.15, 0.2) is 54.6 Å². The van der Waals surface area contributed by atoms with Gasteiger partial charge in [-0.15, -0.1) is 16.6 Å². The summed E-state index contributed by atoms with van der Waals surface area (Å²) in [5.41, 5.74) is 8.87. The van der Waals surface area contributed by atoms with Crippen molar-refractivity contribution in [2.45, 2.75) is 94.8 Å². The molecule has 1 aromatic heterocycles. The van der Waals surface area contributed by atoms with E-state index in [-0.39, 0.29) is 17.5 Å². The number of hydrogen-bond donors (Lipinski definition) is 2. The lowest BCUT2D eigenvalue weighted by Crippen LogP contribution is -2.49. The van der Waals surface area contributed by atoms with Crippen molar-refractivity contribution in [3.63, 3.8) is 0 Å². The molecule has 3 atom stereocenters. The van der Waals surface area contributed by atoms with E-state index in [1.807, 2.05) is 29.2 Å². The molecule has 2 unspecified atom stereocenters. The summed E-state index contributed by atoms with van der Waals surface area (Å²) in [5, 5.41) is 12.5. The summed E-state index contributed by atoms with van der Waals surface area (Å²) in [6.07, 6.45) is 15.3. The average Bonchev–Trinajstić information content (AvgIpc) is 3.73. The van der Waals surface area contributed by atoms with Crippen molar-refractivity contribution in [2.24, 2.45) is 11.1 Å². The zero-order valence-electron chi connectivity index (χ0n) is 34.3. The molecule has 13 heteroatoms. The highest BCUT2D eigenvalue weighted by atomic mass is 16.6. The lowest BCUT2D eigenvalue weighted by atomic mass is 9.57. The quantitative estimate of drug-likeness (QED) is 0.0959. The van der Waals surface area contributed by atoms with E-state index in [0.29, 0.717) is 83.5 Å². The highest BCUT2D eigenvalue weighted by molar-refractivity contribution is 5.89. The third kappa shape index (κ3) is 11.0. The van der Waals surface area contributed by atoms with Gasteiger partial charge in [0.05, 0.1) is 46.2 Å². The minimum absolute atomic E-state index is 0.0472. The topological polar surface area (TPSA) is 138 Å². The minimum atomic E-state index is -0.0472. The second-order valence-corrected chi connectivity index (χ2v) is 16.5. The molecule has 1 saturated carbocycles. The summed E-state index contributed by atoms with van der Waals surface area (Å²) in [5.74, 6) is 5.82. The van der Waals surface area contributed by atoms with E-state index < -0.39 is 0 Å². The predicted octanol–water partition coefficient (Wildman–Crippen LogP) is 6.11. The van der Waals surface area contributed by atoms with E-state index in [9.17, 15) is 4.79 Å². The van der Waals surface area contributed by atoms with Crippen molar-refractivity contribution < 1.29 is 28.5 Å². The molecule has 2 amide bonds. The van der Waals surface area contributed by atoms with Gasteiger partial charge in [0.1, 0.15) is 30.6 Å². The van der Waals surface area contributed by atoms with Gasteiger partial charge < -0.3 is 44.2 Å². The minimum Gasteiger partial charge on any atom is -0.491 e. The van der Waals surface area contributed by atoms with Gasteiger partial charge in [-0.2, -0.15) is 0 Å². The van der Waals surface area contributed by atoms with Crippen molar-refractivity contribution in [3.05, 3.63) is 71.8 Å². The van der Waals surface area contributed by atoms with Gasteiger partial charge in [-0.1, -0.05) is 36.3 Å². The van der Waals surface area contributed by atoms with Gasteiger partial charge >= 0.3 is 6.03 Å². The number of urea groups is 1. The summed E-state index contributed by atoms with van der Waals surface area (Å²) in [6, 6.07) is 19.7. The number of terminal acetylenes is 1. The number of nitrogens with zero attached hydrogens (tertiary/aromatic N) is 5. The van der Waals surface area contributed by atoms with Crippen LogP contribution in [0.1, 0.15) is 93.0 Å². The van der Waals surface area contributed by atoms with Crippen LogP contribution in [0.3, 0.4) is 0 Å². The van der Waals surface area contributed by atoms with Crippen molar-refractivity contribution in [1.82, 2.24) is 24.6 Å². The number of hydrogen-bond acceptors (Lipinski definition) is 10. The molecule has 2 bridgehead atoms. The van der Waals surface area contributed by atoms with Gasteiger partial charge in [0.2, 0.25) is 0 Å². The molecule has 0 radical (unpaired) electrons. The van der Waals surface area contributed by atoms with Gasteiger partial charge in [0.25, 0.3) is 0 Å². The Hall–Kier alpha value is -4.03. The van der Waals surface area contributed by atoms with E-state index in [1.54, 1.807) is 0 Å². The maximum absolute atomic E-state index is 13.2. The molecule has 13 nitrogen and oxygen atoms in total. The third-order valence-electron chi connectivity index (χ3n) is 12.8. The molecule has 7 rings (SSSR count). The van der Waals surface area contributed by atoms with Crippen LogP contribution in [0.4, 0.5) is 10.5 Å². The number of carbonyl (C=O) groups excluding carboxylic acids is 1. The molecule has 4 heterocycles. The van der Waals surface area contributed by atoms with Gasteiger partial charge in [-0.3, -0.25) is 4.90 Å². The SMILES string of the molecule is C#CCOCCOCCOCCOCCOc1ccc(NC(=O)N2CCC3(CC2)CC(c2nnc(C)n2C2CC4CCC(C2)N4CC[C@H](N)c2ccccc2)C3)cc1. The number of likely N-dealkylation sites (tertiary alicyclic amines) is 1. The Bertz CT molecular complexity index is 1740. The van der Waals surface area contributed by atoms with Gasteiger partial charge in [-0.05, 0) is 100.0 Å². The van der Waals surface area contributed by atoms with E-state index in [4.69, 9.17) is 40.9 Å². The molecular weight excluding hydrogens is 735 g/mol. The van der Waals surface area contributed by atoms with Crippen LogP contribution in [0.2, 0.25) is 0 Å². The fourth-order valence-electron chi connectivity index (χ4n) is 9.70. The summed E-state index contributed by atoms with van der Waals surface area (Å²) < 4.78 is 29.9. The molecule has 4 aliphatic rings. The first-order valence-electron chi connectivity index (χ1n) is 21.4. The first kappa shape index (κ1) is 42.1. The van der Waals surface area contributed by atoms with Gasteiger partial charge in [0, 0.05) is 55.4 Å². The molecule has 3 aromatic rings. The van der Waals surface area contributed by atoms with Crippen molar-refractivity contribution in [3.8, 4) is 18.1 Å². The molecule has 1 aliphatic carbocycles. The Morgan fingerprint density at radius 3 is 2.12 bits per heavy atom. The average molecular weight is 798 g/mol. The fourth-order valence-corrected chi connectivity index (χ4v) is 9.70. The zero-order valence-corrected chi connectivity index (χ0v) is 34.3. The van der Waals surface area contributed by atoms with Crippen LogP contribution in [0, 0.1) is 24.7 Å². The lowest BCUT2D eigenvalue weighted by Gasteiger charge is -2.52. The number of amides is 2. The smallest absolute Gasteiger partial charge is 0.321 e. The highest BCUT2D eigenvalue weighted by Crippen LogP contribution is 2.57. The number of nitrogens with one attached hydrogen (secondary N) is 1. The molecule has 3 saturated heterocycles. The molecular formula is C45H63N7O6. The molecule has 314 valence electrons. The Labute approximate surface area is 344 Å². The standard InChI is InChI=1S/C45H63N7O6/c1-3-21-54-22-23-55-24-25-56-26-27-57-28-29-58-41-13-9-37(10-14-41)47-44(53)50-19-16-45(17-20-50)32-36(33-45)43-49-48-34(2)52(43)40-30-38-11-12-39(31-40)51(38)18-15-42(46)35-7-5-4-6-8-35/h1,4-10,13-14,36,38-40,42H,11-12,15-33,46H2,2H3,(H,47,53)/t38?,39?,40?,42-/m0/s1. The maximum atomic E-state index is 13.2. The number of rotatable bonds is 21. The second kappa shape index (κ2) is 20.8. The summed E-state index contributed by atoms with van der Waals surface area (Å²) in [4.78, 5) is 17.9. The predicted molar refractivity (Wildman–Crippen MR) is 223 cm³/mol. The van der Waals surface area contributed by atoms with Crippen LogP contribution >= 0.6 is 0 Å². The molecule has 3 aliphatic heterocycles. The number of aromatic nitrogens is 3. The highest BCUT2D eigenvalue weighted by Gasteiger charge is 2.50. The van der Waals surface area contributed by atoms with Crippen LogP contribution < -0.4 is 15.8 Å². The van der Waals surface area contributed by atoms with Gasteiger partial charge in [0.15, 0.2) is 0 Å². The Morgan fingerprint density at radius 1 is 0.862 bits per heavy atom. The number of piperidine rings is 2. The van der Waals surface area contributed by atoms with Crippen LogP contribution in [0.5, 0.6) is 5.75 Å². The summed E-state index contributed by atoms with van der Waals surface area (Å²) in [6.45, 7) is 8.85. The number of anilines is 1. The van der Waals surface area contributed by atoms with E-state index in [0.717, 1.165) is 81.8 Å². The molecule has 1 spiro atoms. The number of fused-ring (bicyclic) bond motifs is 2. The number of carbonyl (C=O) groups is 1. The first-order valence-corrected chi connectivity index (χ1v) is 21.4. The fraction of sp³-hybridized carbons (Fsp3) is 0.622. The number of nitrogens with two attached hydrogens (primary N) is 1. The molecule has 2 aromatic carbocycles. The van der Waals surface area contributed by atoms with Crippen molar-refractivity contribution >= 4 is 11.7 Å². The zero-order chi connectivity index (χ0) is 40.2. The normalized spacial score (nSPS) is 22.1. The summed E-state index contributed by atoms with van der Waals surface area (Å²) >= 11 is 0. The Kier molecular flexibility index (Phi) is 15.1. The molecule has 58 heavy (non-hydrogen) atoms. The second-order valence-electron chi connectivity index (χ2n) is 16.5. The largest absolute Gasteiger partial charge is 0.491 e.